The molecule has 0 saturated carbocycles. The number of hydrogen-bond acceptors (Lipinski definition) is 5. The number of carbonyl (C=O) groups excluding carboxylic acids is 2. The van der Waals surface area contributed by atoms with Crippen LogP contribution in [-0.2, 0) is 19.1 Å². The summed E-state index contributed by atoms with van der Waals surface area (Å²) in [4.78, 5) is 23.8. The molecule has 0 bridgehead atoms. The molecule has 0 aromatic rings. The van der Waals surface area contributed by atoms with Gasteiger partial charge < -0.3 is 18.1 Å². The van der Waals surface area contributed by atoms with E-state index in [0.717, 1.165) is 25.7 Å². The fourth-order valence-corrected chi connectivity index (χ4v) is 4.11. The molecule has 0 fully saturated rings. The third kappa shape index (κ3) is 31.8. The van der Waals surface area contributed by atoms with Crippen molar-refractivity contribution < 1.29 is 103 Å². The number of hydrogen-bond donors (Lipinski definition) is 1. The van der Waals surface area contributed by atoms with Gasteiger partial charge in [0.15, 0.2) is 0 Å². The van der Waals surface area contributed by atoms with E-state index in [9.17, 15) is 9.59 Å². The second-order valence-electron chi connectivity index (χ2n) is 9.90. The molecule has 0 amide bonds. The van der Waals surface area contributed by atoms with Crippen LogP contribution in [0, 0.1) is 0 Å². The van der Waals surface area contributed by atoms with Crippen LogP contribution < -0.4 is 86.7 Å². The smallest absolute Gasteiger partial charge is 1.00 e. The molecule has 0 aliphatic heterocycles. The minimum atomic E-state index is -0.743. The maximum absolute atomic E-state index is 12.0. The van der Waals surface area contributed by atoms with Gasteiger partial charge in [-0.05, 0) is 19.3 Å². The molecule has 0 rings (SSSR count). The average molecular weight is 548 g/mol. The first kappa shape index (κ1) is 42.0. The predicted molar refractivity (Wildman–Crippen MR) is 145 cm³/mol. The van der Waals surface area contributed by atoms with E-state index < -0.39 is 12.0 Å². The summed E-state index contributed by atoms with van der Waals surface area (Å²) in [6.07, 6.45) is 25.5. The van der Waals surface area contributed by atoms with Crippen LogP contribution in [0.5, 0.6) is 0 Å². The Hall–Kier alpha value is 1.54. The molecule has 1 atom stereocenters. The number of nitrogens with two attached hydrogens (primary N) is 1. The molecule has 0 spiro atoms. The van der Waals surface area contributed by atoms with E-state index in [1.807, 2.05) is 0 Å². The van der Waals surface area contributed by atoms with E-state index in [1.54, 1.807) is 0 Å². The summed E-state index contributed by atoms with van der Waals surface area (Å²) in [5.74, 6) is -0.674. The van der Waals surface area contributed by atoms with Crippen molar-refractivity contribution in [2.24, 2.45) is 5.73 Å². The molecule has 5 nitrogen and oxygen atoms in total. The van der Waals surface area contributed by atoms with Crippen molar-refractivity contribution in [2.75, 3.05) is 13.2 Å². The summed E-state index contributed by atoms with van der Waals surface area (Å²) in [5.41, 5.74) is 5.87. The summed E-state index contributed by atoms with van der Waals surface area (Å²) in [7, 11) is 0. The van der Waals surface area contributed by atoms with E-state index in [1.165, 1.54) is 103 Å². The molecule has 0 aromatic heterocycles. The summed E-state index contributed by atoms with van der Waals surface area (Å²) in [6.45, 7) is 5.38. The molecule has 0 aromatic carbocycles. The van der Waals surface area contributed by atoms with Crippen LogP contribution in [0.4, 0.5) is 0 Å². The number of esters is 2. The van der Waals surface area contributed by atoms with Crippen LogP contribution in [-0.4, -0.2) is 31.2 Å². The van der Waals surface area contributed by atoms with Gasteiger partial charge in [0, 0.05) is 6.42 Å². The fraction of sp³-hybridized carbons (Fsp3) is 0.931. The van der Waals surface area contributed by atoms with Gasteiger partial charge >= 0.3 is 92.9 Å². The first-order valence-electron chi connectivity index (χ1n) is 14.7. The Kier molecular flexibility index (Phi) is 40.3. The third-order valence-electron chi connectivity index (χ3n) is 6.47. The molecular weight excluding hydrogens is 488 g/mol. The Morgan fingerprint density at radius 1 is 0.611 bits per heavy atom. The van der Waals surface area contributed by atoms with Gasteiger partial charge in [0.05, 0.1) is 13.2 Å². The van der Waals surface area contributed by atoms with Crippen LogP contribution in [0.25, 0.3) is 0 Å². The summed E-state index contributed by atoms with van der Waals surface area (Å²) >= 11 is 0. The number of ether oxygens (including phenoxy) is 2. The number of unbranched alkanes of at least 4 members (excludes halogenated alkanes) is 18. The van der Waals surface area contributed by atoms with Gasteiger partial charge in [-0.15, -0.1) is 0 Å². The molecule has 0 radical (unpaired) electrons. The van der Waals surface area contributed by atoms with Crippen LogP contribution in [0.15, 0.2) is 0 Å². The molecule has 206 valence electrons. The zero-order valence-electron chi connectivity index (χ0n) is 26.8. The van der Waals surface area contributed by atoms with E-state index >= 15 is 0 Å². The van der Waals surface area contributed by atoms with Crippen molar-refractivity contribution in [1.29, 1.82) is 0 Å². The quantitative estimate of drug-likeness (QED) is 0.102. The second kappa shape index (κ2) is 34.6. The molecule has 0 aliphatic rings. The van der Waals surface area contributed by atoms with Gasteiger partial charge in [0.2, 0.25) is 0 Å². The minimum absolute atomic E-state index is 0. The maximum Gasteiger partial charge on any atom is 1.00 e. The number of carbonyl (C=O) groups is 2. The normalized spacial score (nSPS) is 11.3. The van der Waals surface area contributed by atoms with Gasteiger partial charge in [-0.25, -0.2) is 0 Å². The standard InChI is InChI=1S/C29H57NO4.K.Na.2H/c1-3-5-7-9-11-13-15-17-19-21-25-33-28(31)24-23-27(30)29(32)34-26-22-20-18-16-14-12-10-8-6-4-2;;;;/h27H,3-26,30H2,1-2H3;;;;/q;2*+1;2*-1/t27-;;;;/m0..../s1. The predicted octanol–water partition coefficient (Wildman–Crippen LogP) is 2.26. The Labute approximate surface area is 291 Å². The summed E-state index contributed by atoms with van der Waals surface area (Å²) in [6, 6.07) is -0.743. The Morgan fingerprint density at radius 2 is 0.944 bits per heavy atom. The van der Waals surface area contributed by atoms with Crippen LogP contribution in [0.1, 0.15) is 158 Å². The minimum Gasteiger partial charge on any atom is -1.00 e. The van der Waals surface area contributed by atoms with Crippen molar-refractivity contribution in [2.45, 2.75) is 161 Å². The zero-order chi connectivity index (χ0) is 25.1. The van der Waals surface area contributed by atoms with Gasteiger partial charge in [-0.1, -0.05) is 129 Å². The molecule has 0 aliphatic carbocycles. The molecule has 0 unspecified atom stereocenters. The van der Waals surface area contributed by atoms with Crippen molar-refractivity contribution in [3.05, 3.63) is 0 Å². The third-order valence-corrected chi connectivity index (χ3v) is 6.47. The van der Waals surface area contributed by atoms with Gasteiger partial charge in [-0.2, -0.15) is 0 Å². The Balaban J connectivity index is -0.000000907. The van der Waals surface area contributed by atoms with Crippen molar-refractivity contribution in [1.82, 2.24) is 0 Å². The summed E-state index contributed by atoms with van der Waals surface area (Å²) in [5, 5.41) is 0. The fourth-order valence-electron chi connectivity index (χ4n) is 4.11. The molecule has 36 heavy (non-hydrogen) atoms. The zero-order valence-corrected chi connectivity index (χ0v) is 29.9. The monoisotopic (exact) mass is 547 g/mol. The van der Waals surface area contributed by atoms with Crippen molar-refractivity contribution in [3.63, 3.8) is 0 Å². The maximum atomic E-state index is 12.0. The Morgan fingerprint density at radius 3 is 1.33 bits per heavy atom. The second-order valence-corrected chi connectivity index (χ2v) is 9.90. The van der Waals surface area contributed by atoms with Gasteiger partial charge in [0.1, 0.15) is 6.04 Å². The molecule has 0 saturated heterocycles. The van der Waals surface area contributed by atoms with E-state index in [2.05, 4.69) is 13.8 Å². The first-order chi connectivity index (χ1) is 16.6. The van der Waals surface area contributed by atoms with Crippen molar-refractivity contribution >= 4 is 11.9 Å². The molecule has 2 N–H and O–H groups in total. The number of rotatable bonds is 26. The van der Waals surface area contributed by atoms with Gasteiger partial charge in [0.25, 0.3) is 0 Å². The molecular formula is C29H59KNNaO4. The molecule has 0 heterocycles. The molecule has 7 heteroatoms. The van der Waals surface area contributed by atoms with Crippen LogP contribution in [0.2, 0.25) is 0 Å². The van der Waals surface area contributed by atoms with E-state index in [4.69, 9.17) is 15.2 Å². The SMILES string of the molecule is CCCCCCCCCCCCOC(=O)CC[C@H](N)C(=O)OCCCCCCCCCCCC.[H-].[H-].[K+].[Na+]. The van der Waals surface area contributed by atoms with E-state index in [-0.39, 0.29) is 103 Å². The largest absolute Gasteiger partial charge is 1.00 e. The Bertz CT molecular complexity index is 480. The first-order valence-corrected chi connectivity index (χ1v) is 14.7. The van der Waals surface area contributed by atoms with Crippen molar-refractivity contribution in [3.8, 4) is 0 Å². The van der Waals surface area contributed by atoms with Crippen LogP contribution in [0.3, 0.4) is 0 Å². The van der Waals surface area contributed by atoms with Gasteiger partial charge in [-0.3, -0.25) is 9.59 Å². The average Bonchev–Trinajstić information content (AvgIpc) is 2.84. The topological polar surface area (TPSA) is 78.6 Å². The van der Waals surface area contributed by atoms with E-state index in [0.29, 0.717) is 13.2 Å². The van der Waals surface area contributed by atoms with Crippen LogP contribution >= 0.6 is 0 Å². The summed E-state index contributed by atoms with van der Waals surface area (Å²) < 4.78 is 10.5.